The van der Waals surface area contributed by atoms with Gasteiger partial charge in [-0.2, -0.15) is 9.40 Å². The second kappa shape index (κ2) is 8.84. The van der Waals surface area contributed by atoms with E-state index >= 15 is 0 Å². The number of hydrogen-bond donors (Lipinski definition) is 0. The number of carbonyl (C=O) groups is 1. The van der Waals surface area contributed by atoms with Gasteiger partial charge in [-0.3, -0.25) is 9.48 Å². The highest BCUT2D eigenvalue weighted by atomic mass is 32.2. The summed E-state index contributed by atoms with van der Waals surface area (Å²) in [6.07, 6.45) is 0. The Balaban J connectivity index is 1.50. The molecule has 32 heavy (non-hydrogen) atoms. The van der Waals surface area contributed by atoms with Crippen LogP contribution < -0.4 is 0 Å². The van der Waals surface area contributed by atoms with Gasteiger partial charge in [-0.15, -0.1) is 0 Å². The highest BCUT2D eigenvalue weighted by Gasteiger charge is 2.34. The zero-order valence-corrected chi connectivity index (χ0v) is 18.8. The molecule has 7 nitrogen and oxygen atoms in total. The third-order valence-electron chi connectivity index (χ3n) is 5.69. The first-order valence-electron chi connectivity index (χ1n) is 10.4. The molecule has 0 atom stereocenters. The van der Waals surface area contributed by atoms with E-state index in [1.807, 2.05) is 30.3 Å². The molecule has 9 heteroatoms. The van der Waals surface area contributed by atoms with Gasteiger partial charge in [0.1, 0.15) is 10.7 Å². The Bertz CT molecular complexity index is 1230. The smallest absolute Gasteiger partial charge is 0.254 e. The van der Waals surface area contributed by atoms with Crippen molar-refractivity contribution in [3.63, 3.8) is 0 Å². The van der Waals surface area contributed by atoms with Crippen LogP contribution in [0.25, 0.3) is 0 Å². The molecule has 2 heterocycles. The average Bonchev–Trinajstić information content (AvgIpc) is 3.07. The molecule has 1 aliphatic heterocycles. The van der Waals surface area contributed by atoms with Crippen molar-refractivity contribution in [2.24, 2.45) is 0 Å². The zero-order chi connectivity index (χ0) is 22.9. The van der Waals surface area contributed by atoms with Crippen LogP contribution in [0.5, 0.6) is 0 Å². The van der Waals surface area contributed by atoms with Gasteiger partial charge in [0.2, 0.25) is 10.0 Å². The maximum absolute atomic E-state index is 13.4. The first kappa shape index (κ1) is 22.2. The topological polar surface area (TPSA) is 75.5 Å². The van der Waals surface area contributed by atoms with E-state index in [0.717, 1.165) is 5.56 Å². The molecule has 0 saturated carbocycles. The van der Waals surface area contributed by atoms with Crippen LogP contribution in [-0.4, -0.2) is 59.5 Å². The number of piperazine rings is 1. The molecule has 3 aromatic rings. The summed E-state index contributed by atoms with van der Waals surface area (Å²) in [7, 11) is -3.76. The van der Waals surface area contributed by atoms with Crippen LogP contribution in [-0.2, 0) is 16.6 Å². The Labute approximate surface area is 187 Å². The molecule has 1 saturated heterocycles. The van der Waals surface area contributed by atoms with Gasteiger partial charge in [0.25, 0.3) is 5.91 Å². The number of amides is 1. The van der Waals surface area contributed by atoms with Gasteiger partial charge in [0.05, 0.1) is 17.9 Å². The molecule has 0 N–H and O–H groups in total. The van der Waals surface area contributed by atoms with Gasteiger partial charge in [0, 0.05) is 31.7 Å². The highest BCUT2D eigenvalue weighted by Crippen LogP contribution is 2.25. The Morgan fingerprint density at radius 3 is 2.34 bits per heavy atom. The van der Waals surface area contributed by atoms with E-state index in [1.54, 1.807) is 29.5 Å². The Hall–Kier alpha value is -3.04. The van der Waals surface area contributed by atoms with Gasteiger partial charge in [-0.1, -0.05) is 36.4 Å². The van der Waals surface area contributed by atoms with Crippen molar-refractivity contribution in [3.8, 4) is 0 Å². The molecule has 1 fully saturated rings. The van der Waals surface area contributed by atoms with Crippen molar-refractivity contribution in [2.75, 3.05) is 26.2 Å². The fourth-order valence-corrected chi connectivity index (χ4v) is 5.82. The maximum atomic E-state index is 13.4. The molecule has 0 spiro atoms. The van der Waals surface area contributed by atoms with Crippen LogP contribution in [0.2, 0.25) is 0 Å². The van der Waals surface area contributed by atoms with E-state index in [4.69, 9.17) is 0 Å². The number of sulfonamides is 1. The number of nitrogens with zero attached hydrogens (tertiary/aromatic N) is 4. The van der Waals surface area contributed by atoms with Gasteiger partial charge in [-0.25, -0.2) is 12.8 Å². The van der Waals surface area contributed by atoms with E-state index in [0.29, 0.717) is 17.9 Å². The van der Waals surface area contributed by atoms with Gasteiger partial charge in [-0.05, 0) is 37.6 Å². The van der Waals surface area contributed by atoms with E-state index < -0.39 is 15.8 Å². The van der Waals surface area contributed by atoms with E-state index in [1.165, 1.54) is 22.5 Å². The summed E-state index contributed by atoms with van der Waals surface area (Å²) < 4.78 is 43.4. The van der Waals surface area contributed by atoms with Gasteiger partial charge in [0.15, 0.2) is 0 Å². The number of halogens is 1. The second-order valence-corrected chi connectivity index (χ2v) is 9.72. The molecule has 2 aromatic carbocycles. The van der Waals surface area contributed by atoms with E-state index in [2.05, 4.69) is 5.10 Å². The molecule has 1 amide bonds. The van der Waals surface area contributed by atoms with E-state index in [-0.39, 0.29) is 42.5 Å². The standard InChI is InChI=1S/C23H25FN4O3S/c1-17-22(18(2)28(25-17)16-19-7-4-3-5-8-19)32(30,31)27-13-11-26(12-14-27)23(29)20-9-6-10-21(24)15-20/h3-10,15H,11-14,16H2,1-2H3. The lowest BCUT2D eigenvalue weighted by Crippen LogP contribution is -2.50. The SMILES string of the molecule is Cc1nn(Cc2ccccc2)c(C)c1S(=O)(=O)N1CCN(C(=O)c2cccc(F)c2)CC1. The molecular weight excluding hydrogens is 431 g/mol. The van der Waals surface area contributed by atoms with Crippen LogP contribution >= 0.6 is 0 Å². The summed E-state index contributed by atoms with van der Waals surface area (Å²) in [6, 6.07) is 15.3. The Morgan fingerprint density at radius 1 is 1.00 bits per heavy atom. The molecule has 0 radical (unpaired) electrons. The summed E-state index contributed by atoms with van der Waals surface area (Å²) in [4.78, 5) is 14.4. The van der Waals surface area contributed by atoms with Crippen molar-refractivity contribution in [3.05, 3.63) is 82.9 Å². The van der Waals surface area contributed by atoms with Gasteiger partial charge >= 0.3 is 0 Å². The minimum absolute atomic E-state index is 0.173. The molecule has 1 aromatic heterocycles. The maximum Gasteiger partial charge on any atom is 0.254 e. The summed E-state index contributed by atoms with van der Waals surface area (Å²) in [5.74, 6) is -0.778. The average molecular weight is 457 g/mol. The summed E-state index contributed by atoms with van der Waals surface area (Å²) in [5, 5.41) is 4.47. The summed E-state index contributed by atoms with van der Waals surface area (Å²) in [6.45, 7) is 4.78. The second-order valence-electron chi connectivity index (χ2n) is 7.85. The number of hydrogen-bond acceptors (Lipinski definition) is 4. The molecule has 4 rings (SSSR count). The number of aryl methyl sites for hydroxylation is 1. The third-order valence-corrected chi connectivity index (χ3v) is 7.84. The minimum atomic E-state index is -3.76. The lowest BCUT2D eigenvalue weighted by molar-refractivity contribution is 0.0697. The number of benzene rings is 2. The van der Waals surface area contributed by atoms with Gasteiger partial charge < -0.3 is 4.90 Å². The third kappa shape index (κ3) is 4.31. The highest BCUT2D eigenvalue weighted by molar-refractivity contribution is 7.89. The molecule has 0 aliphatic carbocycles. The molecule has 168 valence electrons. The fourth-order valence-electron chi connectivity index (χ4n) is 4.03. The molecule has 1 aliphatic rings. The number of carbonyl (C=O) groups excluding carboxylic acids is 1. The lowest BCUT2D eigenvalue weighted by Gasteiger charge is -2.34. The molecular formula is C23H25FN4O3S. The number of aromatic nitrogens is 2. The first-order valence-corrected chi connectivity index (χ1v) is 11.8. The van der Waals surface area contributed by atoms with Crippen LogP contribution in [0, 0.1) is 19.7 Å². The van der Waals surface area contributed by atoms with Crippen LogP contribution in [0.3, 0.4) is 0 Å². The van der Waals surface area contributed by atoms with Crippen LogP contribution in [0.15, 0.2) is 59.5 Å². The van der Waals surface area contributed by atoms with Crippen LogP contribution in [0.1, 0.15) is 27.3 Å². The predicted octanol–water partition coefficient (Wildman–Crippen LogP) is 2.83. The summed E-state index contributed by atoms with van der Waals surface area (Å²) >= 11 is 0. The summed E-state index contributed by atoms with van der Waals surface area (Å²) in [5.41, 5.74) is 2.34. The van der Waals surface area contributed by atoms with Crippen molar-refractivity contribution in [2.45, 2.75) is 25.3 Å². The molecule has 0 bridgehead atoms. The quantitative estimate of drug-likeness (QED) is 0.592. The Morgan fingerprint density at radius 2 is 1.69 bits per heavy atom. The monoisotopic (exact) mass is 456 g/mol. The largest absolute Gasteiger partial charge is 0.336 e. The zero-order valence-electron chi connectivity index (χ0n) is 18.0. The van der Waals surface area contributed by atoms with E-state index in [9.17, 15) is 17.6 Å². The fraction of sp³-hybridized carbons (Fsp3) is 0.304. The van der Waals surface area contributed by atoms with Crippen molar-refractivity contribution < 1.29 is 17.6 Å². The first-order chi connectivity index (χ1) is 15.3. The van der Waals surface area contributed by atoms with Crippen LogP contribution in [0.4, 0.5) is 4.39 Å². The van der Waals surface area contributed by atoms with Crippen molar-refractivity contribution in [1.29, 1.82) is 0 Å². The van der Waals surface area contributed by atoms with Crippen molar-refractivity contribution in [1.82, 2.24) is 19.0 Å². The van der Waals surface area contributed by atoms with Crippen molar-refractivity contribution >= 4 is 15.9 Å². The Kier molecular flexibility index (Phi) is 6.12. The predicted molar refractivity (Wildman–Crippen MR) is 118 cm³/mol. The number of rotatable bonds is 5. The lowest BCUT2D eigenvalue weighted by atomic mass is 10.2. The minimum Gasteiger partial charge on any atom is -0.336 e. The molecule has 0 unspecified atom stereocenters. The normalized spacial score (nSPS) is 15.2.